The normalized spacial score (nSPS) is 11.0. The smallest absolute Gasteiger partial charge is 0.251 e. The van der Waals surface area contributed by atoms with E-state index in [9.17, 15) is 9.59 Å². The summed E-state index contributed by atoms with van der Waals surface area (Å²) in [5.41, 5.74) is 6.85. The average molecular weight is 263 g/mol. The predicted octanol–water partition coefficient (Wildman–Crippen LogP) is 1.28. The molecule has 104 valence electrons. The molecule has 0 unspecified atom stereocenters. The van der Waals surface area contributed by atoms with Gasteiger partial charge in [-0.3, -0.25) is 9.59 Å². The molecule has 1 rings (SSSR count). The van der Waals surface area contributed by atoms with Gasteiger partial charge in [0.2, 0.25) is 5.91 Å². The molecule has 1 aromatic rings. The quantitative estimate of drug-likeness (QED) is 0.765. The zero-order valence-corrected chi connectivity index (χ0v) is 11.8. The van der Waals surface area contributed by atoms with E-state index in [1.165, 1.54) is 0 Å². The Morgan fingerprint density at radius 3 is 2.47 bits per heavy atom. The molecule has 0 saturated heterocycles. The van der Waals surface area contributed by atoms with Crippen molar-refractivity contribution in [2.75, 3.05) is 18.9 Å². The van der Waals surface area contributed by atoms with E-state index < -0.39 is 5.41 Å². The van der Waals surface area contributed by atoms with Crippen LogP contribution in [0.3, 0.4) is 0 Å². The fourth-order valence-corrected chi connectivity index (χ4v) is 1.54. The van der Waals surface area contributed by atoms with Gasteiger partial charge in [-0.1, -0.05) is 6.07 Å². The van der Waals surface area contributed by atoms with Crippen LogP contribution in [-0.4, -0.2) is 25.4 Å². The summed E-state index contributed by atoms with van der Waals surface area (Å²) >= 11 is 0. The highest BCUT2D eigenvalue weighted by Crippen LogP contribution is 2.22. The third-order valence-electron chi connectivity index (χ3n) is 3.18. The second-order valence-electron chi connectivity index (χ2n) is 5.10. The van der Waals surface area contributed by atoms with Gasteiger partial charge in [0.1, 0.15) is 0 Å². The summed E-state index contributed by atoms with van der Waals surface area (Å²) in [6.07, 6.45) is 0. The van der Waals surface area contributed by atoms with E-state index in [4.69, 9.17) is 5.73 Å². The van der Waals surface area contributed by atoms with Gasteiger partial charge >= 0.3 is 0 Å². The minimum absolute atomic E-state index is 0.160. The second-order valence-corrected chi connectivity index (χ2v) is 5.10. The molecule has 0 bridgehead atoms. The summed E-state index contributed by atoms with van der Waals surface area (Å²) in [5, 5.41) is 5.39. The maximum Gasteiger partial charge on any atom is 0.251 e. The number of benzene rings is 1. The van der Waals surface area contributed by atoms with E-state index in [-0.39, 0.29) is 18.4 Å². The molecule has 0 aliphatic heterocycles. The van der Waals surface area contributed by atoms with Crippen molar-refractivity contribution in [1.82, 2.24) is 5.32 Å². The lowest BCUT2D eigenvalue weighted by Crippen LogP contribution is -2.37. The Morgan fingerprint density at radius 2 is 1.95 bits per heavy atom. The first-order valence-electron chi connectivity index (χ1n) is 6.16. The summed E-state index contributed by atoms with van der Waals surface area (Å²) in [6, 6.07) is 5.23. The van der Waals surface area contributed by atoms with Gasteiger partial charge in [-0.05, 0) is 38.5 Å². The van der Waals surface area contributed by atoms with Crippen molar-refractivity contribution in [3.8, 4) is 0 Å². The SMILES string of the molecule is CNC(=O)c1cccc(NC(=O)C(C)(C)CN)c1C. The number of carbonyl (C=O) groups is 2. The fraction of sp³-hybridized carbons (Fsp3) is 0.429. The van der Waals surface area contributed by atoms with Crippen LogP contribution in [0.15, 0.2) is 18.2 Å². The predicted molar refractivity (Wildman–Crippen MR) is 76.0 cm³/mol. The van der Waals surface area contributed by atoms with E-state index in [0.717, 1.165) is 5.56 Å². The third kappa shape index (κ3) is 3.32. The molecule has 0 atom stereocenters. The van der Waals surface area contributed by atoms with Crippen LogP contribution in [0.5, 0.6) is 0 Å². The topological polar surface area (TPSA) is 84.2 Å². The lowest BCUT2D eigenvalue weighted by Gasteiger charge is -2.22. The molecular formula is C14H21N3O2. The van der Waals surface area contributed by atoms with Crippen LogP contribution in [-0.2, 0) is 4.79 Å². The van der Waals surface area contributed by atoms with E-state index >= 15 is 0 Å². The van der Waals surface area contributed by atoms with E-state index in [0.29, 0.717) is 11.3 Å². The van der Waals surface area contributed by atoms with Crippen LogP contribution in [0.25, 0.3) is 0 Å². The van der Waals surface area contributed by atoms with Crippen LogP contribution in [0.4, 0.5) is 5.69 Å². The second kappa shape index (κ2) is 5.84. The summed E-state index contributed by atoms with van der Waals surface area (Å²) in [5.74, 6) is -0.334. The van der Waals surface area contributed by atoms with Crippen molar-refractivity contribution in [3.05, 3.63) is 29.3 Å². The summed E-state index contributed by atoms with van der Waals surface area (Å²) in [6.45, 7) is 5.61. The van der Waals surface area contributed by atoms with Gasteiger partial charge in [-0.25, -0.2) is 0 Å². The highest BCUT2D eigenvalue weighted by atomic mass is 16.2. The van der Waals surface area contributed by atoms with Gasteiger partial charge in [-0.2, -0.15) is 0 Å². The van der Waals surface area contributed by atoms with Crippen LogP contribution >= 0.6 is 0 Å². The Balaban J connectivity index is 3.04. The number of anilines is 1. The monoisotopic (exact) mass is 263 g/mol. The van der Waals surface area contributed by atoms with Crippen LogP contribution in [0, 0.1) is 12.3 Å². The van der Waals surface area contributed by atoms with Crippen LogP contribution in [0.1, 0.15) is 29.8 Å². The number of hydrogen-bond donors (Lipinski definition) is 3. The minimum atomic E-state index is -0.643. The zero-order valence-electron chi connectivity index (χ0n) is 11.8. The van der Waals surface area contributed by atoms with Gasteiger partial charge in [0.25, 0.3) is 5.91 Å². The lowest BCUT2D eigenvalue weighted by atomic mass is 9.92. The number of amides is 2. The summed E-state index contributed by atoms with van der Waals surface area (Å²) in [4.78, 5) is 23.8. The molecule has 0 heterocycles. The molecule has 0 radical (unpaired) electrons. The Hall–Kier alpha value is -1.88. The average Bonchev–Trinajstić information content (AvgIpc) is 2.40. The molecule has 5 nitrogen and oxygen atoms in total. The van der Waals surface area contributed by atoms with Gasteiger partial charge in [0.05, 0.1) is 5.41 Å². The maximum atomic E-state index is 12.1. The molecule has 2 amide bonds. The minimum Gasteiger partial charge on any atom is -0.355 e. The standard InChI is InChI=1S/C14H21N3O2/c1-9-10(12(18)16-4)6-5-7-11(9)17-13(19)14(2,3)8-15/h5-7H,8,15H2,1-4H3,(H,16,18)(H,17,19). The Morgan fingerprint density at radius 1 is 1.32 bits per heavy atom. The molecule has 0 aliphatic carbocycles. The molecule has 5 heteroatoms. The molecule has 0 aliphatic rings. The van der Waals surface area contributed by atoms with E-state index in [2.05, 4.69) is 10.6 Å². The van der Waals surface area contributed by atoms with Crippen LogP contribution < -0.4 is 16.4 Å². The Bertz CT molecular complexity index is 495. The van der Waals surface area contributed by atoms with Crippen molar-refractivity contribution < 1.29 is 9.59 Å². The number of nitrogens with two attached hydrogens (primary N) is 1. The van der Waals surface area contributed by atoms with E-state index in [1.807, 2.05) is 0 Å². The lowest BCUT2D eigenvalue weighted by molar-refractivity contribution is -0.123. The van der Waals surface area contributed by atoms with Crippen molar-refractivity contribution in [2.45, 2.75) is 20.8 Å². The van der Waals surface area contributed by atoms with Crippen molar-refractivity contribution >= 4 is 17.5 Å². The molecule has 0 fully saturated rings. The van der Waals surface area contributed by atoms with Gasteiger partial charge < -0.3 is 16.4 Å². The highest BCUT2D eigenvalue weighted by molar-refractivity contribution is 6.00. The first-order valence-corrected chi connectivity index (χ1v) is 6.16. The maximum absolute atomic E-state index is 12.1. The summed E-state index contributed by atoms with van der Waals surface area (Å²) < 4.78 is 0. The largest absolute Gasteiger partial charge is 0.355 e. The zero-order chi connectivity index (χ0) is 14.6. The first-order chi connectivity index (χ1) is 8.83. The third-order valence-corrected chi connectivity index (χ3v) is 3.18. The van der Waals surface area contributed by atoms with Crippen molar-refractivity contribution in [2.24, 2.45) is 11.1 Å². The van der Waals surface area contributed by atoms with Gasteiger partial charge in [0, 0.05) is 24.8 Å². The number of rotatable bonds is 4. The molecule has 1 aromatic carbocycles. The molecule has 0 saturated carbocycles. The highest BCUT2D eigenvalue weighted by Gasteiger charge is 2.26. The first kappa shape index (κ1) is 15.2. The van der Waals surface area contributed by atoms with Gasteiger partial charge in [0.15, 0.2) is 0 Å². The van der Waals surface area contributed by atoms with Crippen LogP contribution in [0.2, 0.25) is 0 Å². The molecule has 0 aromatic heterocycles. The Labute approximate surface area is 113 Å². The fourth-order valence-electron chi connectivity index (χ4n) is 1.54. The van der Waals surface area contributed by atoms with E-state index in [1.54, 1.807) is 46.0 Å². The number of nitrogens with one attached hydrogen (secondary N) is 2. The van der Waals surface area contributed by atoms with Crippen molar-refractivity contribution in [3.63, 3.8) is 0 Å². The molecule has 19 heavy (non-hydrogen) atoms. The molecule has 0 spiro atoms. The summed E-state index contributed by atoms with van der Waals surface area (Å²) in [7, 11) is 1.57. The molecule has 4 N–H and O–H groups in total. The Kier molecular flexibility index (Phi) is 4.67. The van der Waals surface area contributed by atoms with Gasteiger partial charge in [-0.15, -0.1) is 0 Å². The molecular weight excluding hydrogens is 242 g/mol. The number of carbonyl (C=O) groups excluding carboxylic acids is 2. The number of hydrogen-bond acceptors (Lipinski definition) is 3. The van der Waals surface area contributed by atoms with Crippen molar-refractivity contribution in [1.29, 1.82) is 0 Å².